The van der Waals surface area contributed by atoms with Crippen molar-refractivity contribution in [2.75, 3.05) is 3.88 Å². The molecular formula is C12H18Cl4NW. The number of para-hydroxylation sites is 1. The van der Waals surface area contributed by atoms with Crippen LogP contribution >= 0.6 is 37.7 Å². The van der Waals surface area contributed by atoms with Gasteiger partial charge < -0.3 is 0 Å². The summed E-state index contributed by atoms with van der Waals surface area (Å²) in [7, 11) is 19.5. The molecule has 1 nitrogen and oxygen atoms in total. The molecule has 0 radical (unpaired) electrons. The monoisotopic (exact) mass is 500 g/mol. The van der Waals surface area contributed by atoms with Crippen molar-refractivity contribution in [1.82, 2.24) is 0 Å². The molecule has 0 unspecified atom stereocenters. The van der Waals surface area contributed by atoms with Crippen molar-refractivity contribution in [3.63, 3.8) is 0 Å². The summed E-state index contributed by atoms with van der Waals surface area (Å²) in [4.78, 5) is 0. The molecule has 0 aliphatic carbocycles. The Hall–Kier alpha value is 0.868. The van der Waals surface area contributed by atoms with Crippen molar-refractivity contribution < 1.29 is 10.9 Å². The molecule has 0 aromatic heterocycles. The van der Waals surface area contributed by atoms with Crippen LogP contribution in [-0.4, -0.2) is 0 Å². The van der Waals surface area contributed by atoms with E-state index in [4.69, 9.17) is 37.7 Å². The molecule has 1 rings (SSSR count). The Balaban J connectivity index is 3.37. The summed E-state index contributed by atoms with van der Waals surface area (Å²) in [5.74, 6) is 0.676. The van der Waals surface area contributed by atoms with Gasteiger partial charge in [-0.3, -0.25) is 0 Å². The van der Waals surface area contributed by atoms with Crippen LogP contribution in [0, 0.1) is 0 Å². The SMILES string of the molecule is CC(C)c1cccc(C(C)C)c1[NH][W]([Cl])([Cl])([Cl])[Cl]. The van der Waals surface area contributed by atoms with Crippen molar-refractivity contribution in [2.45, 2.75) is 39.5 Å². The minimum atomic E-state index is -4.75. The number of halogens is 4. The first-order chi connectivity index (χ1) is 7.97. The van der Waals surface area contributed by atoms with Crippen LogP contribution in [0.2, 0.25) is 0 Å². The van der Waals surface area contributed by atoms with Gasteiger partial charge in [-0.15, -0.1) is 0 Å². The first-order valence-corrected chi connectivity index (χ1v) is 21.7. The second kappa shape index (κ2) is 5.70. The Morgan fingerprint density at radius 2 is 1.28 bits per heavy atom. The molecule has 0 aliphatic rings. The molecule has 0 aliphatic heterocycles. The zero-order valence-electron chi connectivity index (χ0n) is 10.8. The van der Waals surface area contributed by atoms with E-state index in [9.17, 15) is 0 Å². The second-order valence-corrected chi connectivity index (χ2v) is 38.3. The molecule has 1 aromatic rings. The molecule has 0 fully saturated rings. The van der Waals surface area contributed by atoms with E-state index in [-0.39, 0.29) is 0 Å². The van der Waals surface area contributed by atoms with Crippen LogP contribution in [0.3, 0.4) is 0 Å². The van der Waals surface area contributed by atoms with Gasteiger partial charge in [0.05, 0.1) is 0 Å². The average molecular weight is 502 g/mol. The van der Waals surface area contributed by atoms with Crippen LogP contribution < -0.4 is 3.88 Å². The zero-order chi connectivity index (χ0) is 14.2. The van der Waals surface area contributed by atoms with E-state index in [1.807, 2.05) is 18.2 Å². The molecule has 18 heavy (non-hydrogen) atoms. The Morgan fingerprint density at radius 3 is 1.56 bits per heavy atom. The van der Waals surface area contributed by atoms with Crippen LogP contribution in [-0.2, 0) is 10.9 Å². The summed E-state index contributed by atoms with van der Waals surface area (Å²) >= 11 is 0. The van der Waals surface area contributed by atoms with E-state index >= 15 is 0 Å². The van der Waals surface area contributed by atoms with Crippen LogP contribution in [0.5, 0.6) is 0 Å². The maximum absolute atomic E-state index is 6.07. The molecule has 6 heteroatoms. The predicted octanol–water partition coefficient (Wildman–Crippen LogP) is 6.57. The molecule has 0 heterocycles. The number of hydrogen-bond acceptors (Lipinski definition) is 1. The van der Waals surface area contributed by atoms with E-state index in [1.54, 1.807) is 0 Å². The predicted molar refractivity (Wildman–Crippen MR) is 81.7 cm³/mol. The van der Waals surface area contributed by atoms with E-state index in [0.717, 1.165) is 16.8 Å². The normalized spacial score (nSPS) is 14.7. The molecule has 1 aromatic carbocycles. The van der Waals surface area contributed by atoms with Gasteiger partial charge in [-0.2, -0.15) is 0 Å². The number of anilines is 1. The van der Waals surface area contributed by atoms with E-state index in [2.05, 4.69) is 31.6 Å². The van der Waals surface area contributed by atoms with Gasteiger partial charge in [-0.25, -0.2) is 0 Å². The third kappa shape index (κ3) is 5.10. The summed E-state index contributed by atoms with van der Waals surface area (Å²) in [5.41, 5.74) is 3.15. The fraction of sp³-hybridized carbons (Fsp3) is 0.500. The molecule has 1 N–H and O–H groups in total. The molecule has 0 spiro atoms. The number of benzene rings is 1. The quantitative estimate of drug-likeness (QED) is 0.492. The topological polar surface area (TPSA) is 12.0 Å². The Bertz CT molecular complexity index is 402. The molecular weight excluding hydrogens is 484 g/mol. The molecule has 105 valence electrons. The molecule has 0 atom stereocenters. The van der Waals surface area contributed by atoms with Crippen LogP contribution in [0.1, 0.15) is 50.7 Å². The van der Waals surface area contributed by atoms with Gasteiger partial charge in [0.25, 0.3) is 0 Å². The van der Waals surface area contributed by atoms with Crippen molar-refractivity contribution in [1.29, 1.82) is 0 Å². The van der Waals surface area contributed by atoms with E-state index in [0.29, 0.717) is 11.8 Å². The third-order valence-electron chi connectivity index (χ3n) is 2.63. The average Bonchev–Trinajstić information content (AvgIpc) is 2.13. The maximum atomic E-state index is 6.07. The molecule has 0 bridgehead atoms. The van der Waals surface area contributed by atoms with Gasteiger partial charge in [0.1, 0.15) is 0 Å². The fourth-order valence-electron chi connectivity index (χ4n) is 1.82. The second-order valence-electron chi connectivity index (χ2n) is 4.88. The number of rotatable bonds is 4. The van der Waals surface area contributed by atoms with Gasteiger partial charge in [0, 0.05) is 0 Å². The first kappa shape index (κ1) is 16.9. The molecule has 0 saturated heterocycles. The van der Waals surface area contributed by atoms with Gasteiger partial charge in [-0.05, 0) is 0 Å². The van der Waals surface area contributed by atoms with Crippen molar-refractivity contribution >= 4 is 43.4 Å². The number of nitrogens with one attached hydrogen (secondary N) is 1. The Morgan fingerprint density at radius 1 is 0.889 bits per heavy atom. The summed E-state index contributed by atoms with van der Waals surface area (Å²) in [6.07, 6.45) is 0. The zero-order valence-corrected chi connectivity index (χ0v) is 16.8. The van der Waals surface area contributed by atoms with Gasteiger partial charge in [-0.1, -0.05) is 0 Å². The van der Waals surface area contributed by atoms with Crippen LogP contribution in [0.15, 0.2) is 18.2 Å². The van der Waals surface area contributed by atoms with Gasteiger partial charge in [0.15, 0.2) is 0 Å². The van der Waals surface area contributed by atoms with Gasteiger partial charge in [0.2, 0.25) is 0 Å². The third-order valence-corrected chi connectivity index (χ3v) is 7.00. The summed E-state index contributed by atoms with van der Waals surface area (Å²) in [6, 6.07) is 6.12. The van der Waals surface area contributed by atoms with Crippen LogP contribution in [0.4, 0.5) is 5.69 Å². The van der Waals surface area contributed by atoms with E-state index < -0.39 is 10.9 Å². The fourth-order valence-corrected chi connectivity index (χ4v) is 6.30. The standard InChI is InChI=1S/C12H18N.4ClH.W/c1-8(2)10-6-5-7-11(9(3)4)12(10)13;;;;;/h5-9,13H,1-4H3;4*1H;/q-1;;;;;+5/p-4. The summed E-state index contributed by atoms with van der Waals surface area (Å²) < 4.78 is 3.03. The Kier molecular flexibility index (Phi) is 5.36. The molecule has 0 saturated carbocycles. The summed E-state index contributed by atoms with van der Waals surface area (Å²) in [6.45, 7) is 8.44. The van der Waals surface area contributed by atoms with Crippen molar-refractivity contribution in [3.8, 4) is 0 Å². The van der Waals surface area contributed by atoms with Crippen molar-refractivity contribution in [3.05, 3.63) is 29.3 Å². The molecule has 0 amide bonds. The van der Waals surface area contributed by atoms with Gasteiger partial charge >= 0.3 is 127 Å². The van der Waals surface area contributed by atoms with E-state index in [1.165, 1.54) is 0 Å². The van der Waals surface area contributed by atoms with Crippen LogP contribution in [0.25, 0.3) is 0 Å². The minimum absolute atomic E-state index is 0.338. The number of hydrogen-bond donors (Lipinski definition) is 1. The van der Waals surface area contributed by atoms with Crippen molar-refractivity contribution in [2.24, 2.45) is 0 Å². The first-order valence-electron chi connectivity index (χ1n) is 5.70. The summed E-state index contributed by atoms with van der Waals surface area (Å²) in [5, 5.41) is 0. The Labute approximate surface area is 126 Å².